The molecular formula is C19H19N3OS. The standard InChI is InChI=1S/C19H19N3OS/c1-22(18-11-21-19(20)24-18)17-10-16(17)13-7-5-12(6-8-13)14-3-2-4-15(23)9-14/h2-9,11,16-17,23H,10H2,1H3,(H2,20,21)/t16-,17+/m0/s1. The van der Waals surface area contributed by atoms with Crippen LogP contribution in [-0.4, -0.2) is 23.2 Å². The van der Waals surface area contributed by atoms with Crippen LogP contribution in [0.4, 0.5) is 10.1 Å². The molecule has 1 fully saturated rings. The van der Waals surface area contributed by atoms with Crippen molar-refractivity contribution < 1.29 is 5.11 Å². The van der Waals surface area contributed by atoms with Crippen LogP contribution in [0.2, 0.25) is 0 Å². The Morgan fingerprint density at radius 1 is 1.17 bits per heavy atom. The minimum absolute atomic E-state index is 0.296. The first-order valence-electron chi connectivity index (χ1n) is 7.95. The zero-order valence-corrected chi connectivity index (χ0v) is 14.2. The van der Waals surface area contributed by atoms with Crippen molar-refractivity contribution >= 4 is 21.5 Å². The molecule has 2 aromatic carbocycles. The molecule has 3 aromatic rings. The van der Waals surface area contributed by atoms with Gasteiger partial charge in [-0.05, 0) is 35.2 Å². The Bertz CT molecular complexity index is 859. The van der Waals surface area contributed by atoms with Crippen molar-refractivity contribution in [2.45, 2.75) is 18.4 Å². The van der Waals surface area contributed by atoms with E-state index in [4.69, 9.17) is 5.73 Å². The quantitative estimate of drug-likeness (QED) is 0.753. The number of rotatable bonds is 4. The van der Waals surface area contributed by atoms with E-state index in [0.717, 1.165) is 22.5 Å². The van der Waals surface area contributed by atoms with Gasteiger partial charge in [-0.15, -0.1) is 0 Å². The maximum Gasteiger partial charge on any atom is 0.181 e. The number of phenols is 1. The van der Waals surface area contributed by atoms with Crippen molar-refractivity contribution in [3.05, 3.63) is 60.3 Å². The van der Waals surface area contributed by atoms with Crippen LogP contribution < -0.4 is 10.6 Å². The number of phenolic OH excluding ortho intramolecular Hbond substituents is 1. The molecule has 1 saturated carbocycles. The summed E-state index contributed by atoms with van der Waals surface area (Å²) in [6.45, 7) is 0. The van der Waals surface area contributed by atoms with Crippen LogP contribution in [0.3, 0.4) is 0 Å². The molecule has 0 unspecified atom stereocenters. The lowest BCUT2D eigenvalue weighted by molar-refractivity contribution is 0.475. The van der Waals surface area contributed by atoms with Crippen molar-refractivity contribution in [3.8, 4) is 16.9 Å². The lowest BCUT2D eigenvalue weighted by atomic mass is 10.0. The van der Waals surface area contributed by atoms with Gasteiger partial charge < -0.3 is 15.7 Å². The summed E-state index contributed by atoms with van der Waals surface area (Å²) in [5, 5.41) is 11.4. The van der Waals surface area contributed by atoms with Crippen molar-refractivity contribution in [2.24, 2.45) is 0 Å². The van der Waals surface area contributed by atoms with Gasteiger partial charge in [0.25, 0.3) is 0 Å². The summed E-state index contributed by atoms with van der Waals surface area (Å²) in [6, 6.07) is 16.5. The highest BCUT2D eigenvalue weighted by Gasteiger charge is 2.42. The molecule has 0 aliphatic heterocycles. The lowest BCUT2D eigenvalue weighted by Gasteiger charge is -2.16. The molecule has 1 heterocycles. The number of thiazole rings is 1. The monoisotopic (exact) mass is 337 g/mol. The van der Waals surface area contributed by atoms with Crippen LogP contribution in [0.5, 0.6) is 5.75 Å². The number of nitrogens with two attached hydrogens (primary N) is 1. The molecule has 0 amide bonds. The third kappa shape index (κ3) is 2.83. The summed E-state index contributed by atoms with van der Waals surface area (Å²) in [6.07, 6.45) is 3.00. The molecule has 0 spiro atoms. The summed E-state index contributed by atoms with van der Waals surface area (Å²) in [7, 11) is 2.11. The van der Waals surface area contributed by atoms with Gasteiger partial charge in [0.2, 0.25) is 0 Å². The summed E-state index contributed by atoms with van der Waals surface area (Å²) in [5.41, 5.74) is 9.24. The number of hydrogen-bond donors (Lipinski definition) is 2. The van der Waals surface area contributed by atoms with Crippen LogP contribution in [0.15, 0.2) is 54.7 Å². The van der Waals surface area contributed by atoms with Crippen molar-refractivity contribution in [3.63, 3.8) is 0 Å². The highest BCUT2D eigenvalue weighted by Crippen LogP contribution is 2.46. The number of aromatic nitrogens is 1. The molecule has 0 saturated heterocycles. The van der Waals surface area contributed by atoms with Crippen molar-refractivity contribution in [1.82, 2.24) is 4.98 Å². The molecule has 3 N–H and O–H groups in total. The molecule has 24 heavy (non-hydrogen) atoms. The summed E-state index contributed by atoms with van der Waals surface area (Å²) in [4.78, 5) is 6.41. The summed E-state index contributed by atoms with van der Waals surface area (Å²) >= 11 is 1.53. The molecule has 1 aliphatic carbocycles. The second kappa shape index (κ2) is 5.83. The van der Waals surface area contributed by atoms with E-state index in [1.165, 1.54) is 16.9 Å². The van der Waals surface area contributed by atoms with E-state index in [1.54, 1.807) is 12.1 Å². The van der Waals surface area contributed by atoms with Gasteiger partial charge in [-0.3, -0.25) is 0 Å². The average Bonchev–Trinajstić information content (AvgIpc) is 3.28. The Morgan fingerprint density at radius 2 is 1.96 bits per heavy atom. The van der Waals surface area contributed by atoms with Crippen LogP contribution in [0.25, 0.3) is 11.1 Å². The van der Waals surface area contributed by atoms with E-state index >= 15 is 0 Å². The Morgan fingerprint density at radius 3 is 2.62 bits per heavy atom. The maximum atomic E-state index is 9.61. The molecule has 4 rings (SSSR count). The van der Waals surface area contributed by atoms with Crippen LogP contribution in [0, 0.1) is 0 Å². The van der Waals surface area contributed by atoms with E-state index in [2.05, 4.69) is 41.2 Å². The van der Waals surface area contributed by atoms with Gasteiger partial charge in [0.1, 0.15) is 10.8 Å². The fraction of sp³-hybridized carbons (Fsp3) is 0.211. The molecular weight excluding hydrogens is 318 g/mol. The number of likely N-dealkylation sites (N-methyl/N-ethyl adjacent to an activating group) is 1. The summed E-state index contributed by atoms with van der Waals surface area (Å²) < 4.78 is 0. The fourth-order valence-electron chi connectivity index (χ4n) is 3.18. The normalized spacial score (nSPS) is 19.2. The largest absolute Gasteiger partial charge is 0.508 e. The predicted octanol–water partition coefficient (Wildman–Crippen LogP) is 4.09. The van der Waals surface area contributed by atoms with E-state index in [-0.39, 0.29) is 0 Å². The van der Waals surface area contributed by atoms with E-state index < -0.39 is 0 Å². The van der Waals surface area contributed by atoms with Crippen molar-refractivity contribution in [1.29, 1.82) is 0 Å². The first kappa shape index (κ1) is 15.0. The van der Waals surface area contributed by atoms with Crippen LogP contribution >= 0.6 is 11.3 Å². The smallest absolute Gasteiger partial charge is 0.181 e. The molecule has 1 aliphatic rings. The average molecular weight is 337 g/mol. The van der Waals surface area contributed by atoms with Crippen LogP contribution in [-0.2, 0) is 0 Å². The van der Waals surface area contributed by atoms with Gasteiger partial charge in [-0.1, -0.05) is 47.7 Å². The van der Waals surface area contributed by atoms with Gasteiger partial charge in [0, 0.05) is 19.0 Å². The third-order valence-corrected chi connectivity index (χ3v) is 5.55. The molecule has 1 aromatic heterocycles. The molecule has 5 heteroatoms. The van der Waals surface area contributed by atoms with Crippen LogP contribution in [0.1, 0.15) is 17.9 Å². The first-order valence-corrected chi connectivity index (χ1v) is 8.77. The number of hydrogen-bond acceptors (Lipinski definition) is 5. The Balaban J connectivity index is 1.48. The second-order valence-corrected chi connectivity index (χ2v) is 7.27. The minimum atomic E-state index is 0.296. The lowest BCUT2D eigenvalue weighted by Crippen LogP contribution is -2.19. The topological polar surface area (TPSA) is 62.4 Å². The van der Waals surface area contributed by atoms with Crippen molar-refractivity contribution in [2.75, 3.05) is 17.7 Å². The van der Waals surface area contributed by atoms with Gasteiger partial charge in [0.15, 0.2) is 5.13 Å². The minimum Gasteiger partial charge on any atom is -0.508 e. The van der Waals surface area contributed by atoms with Gasteiger partial charge in [-0.2, -0.15) is 0 Å². The van der Waals surface area contributed by atoms with Gasteiger partial charge in [0.05, 0.1) is 6.20 Å². The predicted molar refractivity (Wildman–Crippen MR) is 99.6 cm³/mol. The molecule has 122 valence electrons. The number of benzene rings is 2. The number of aromatic hydroxyl groups is 1. The van der Waals surface area contributed by atoms with E-state index in [1.807, 2.05) is 18.3 Å². The zero-order chi connectivity index (χ0) is 16.7. The molecule has 2 atom stereocenters. The highest BCUT2D eigenvalue weighted by atomic mass is 32.1. The highest BCUT2D eigenvalue weighted by molar-refractivity contribution is 7.19. The maximum absolute atomic E-state index is 9.61. The number of anilines is 2. The Labute approximate surface area is 145 Å². The second-order valence-electron chi connectivity index (χ2n) is 6.23. The molecule has 0 bridgehead atoms. The number of nitrogen functional groups attached to an aromatic ring is 1. The Hall–Kier alpha value is -2.53. The third-order valence-electron chi connectivity index (χ3n) is 4.63. The fourth-order valence-corrected chi connectivity index (χ4v) is 3.89. The molecule has 4 nitrogen and oxygen atoms in total. The van der Waals surface area contributed by atoms with E-state index in [9.17, 15) is 5.11 Å². The Kier molecular flexibility index (Phi) is 3.65. The number of nitrogens with zero attached hydrogens (tertiary/aromatic N) is 2. The summed E-state index contributed by atoms with van der Waals surface area (Å²) in [5.74, 6) is 0.848. The van der Waals surface area contributed by atoms with Gasteiger partial charge in [-0.25, -0.2) is 4.98 Å². The molecule has 0 radical (unpaired) electrons. The van der Waals surface area contributed by atoms with E-state index in [0.29, 0.717) is 22.8 Å². The first-order chi connectivity index (χ1) is 11.6. The SMILES string of the molecule is CN(c1cnc(N)s1)[C@@H]1C[C@H]1c1ccc(-c2cccc(O)c2)cc1. The van der Waals surface area contributed by atoms with Gasteiger partial charge >= 0.3 is 0 Å². The zero-order valence-electron chi connectivity index (χ0n) is 13.4.